The zero-order valence-corrected chi connectivity index (χ0v) is 43.9. The number of hydrogen-bond acceptors (Lipinski definition) is 8. The van der Waals surface area contributed by atoms with Crippen LogP contribution in [0.2, 0.25) is 0 Å². The smallest absolute Gasteiger partial charge is 0.338 e. The lowest BCUT2D eigenvalue weighted by Crippen LogP contribution is -2.08. The number of carbonyl (C=O) groups is 2. The van der Waals surface area contributed by atoms with E-state index >= 15 is 0 Å². The average molecular weight is 945 g/mol. The van der Waals surface area contributed by atoms with Crippen LogP contribution in [0, 0.1) is 0 Å². The molecule has 69 heavy (non-hydrogen) atoms. The Bertz CT molecular complexity index is 2000. The van der Waals surface area contributed by atoms with E-state index in [1.165, 1.54) is 204 Å². The molecule has 4 rings (SSSR count). The highest BCUT2D eigenvalue weighted by Gasteiger charge is 2.18. The Labute approximate surface area is 419 Å². The van der Waals surface area contributed by atoms with E-state index < -0.39 is 11.9 Å². The van der Waals surface area contributed by atoms with Gasteiger partial charge in [0.1, 0.15) is 0 Å². The van der Waals surface area contributed by atoms with Gasteiger partial charge >= 0.3 is 11.9 Å². The van der Waals surface area contributed by atoms with Gasteiger partial charge in [-0.15, -0.1) is 0 Å². The summed E-state index contributed by atoms with van der Waals surface area (Å²) in [5.74, 6) is -0.897. The molecular formula is C61H92N4O4. The van der Waals surface area contributed by atoms with Crippen molar-refractivity contribution in [1.82, 2.24) is 19.9 Å². The van der Waals surface area contributed by atoms with Crippen LogP contribution in [0.15, 0.2) is 60.9 Å². The van der Waals surface area contributed by atoms with E-state index in [2.05, 4.69) is 43.1 Å². The zero-order valence-electron chi connectivity index (χ0n) is 43.9. The molecule has 0 atom stereocenters. The van der Waals surface area contributed by atoms with Crippen LogP contribution in [0.1, 0.15) is 259 Å². The van der Waals surface area contributed by atoms with E-state index in [4.69, 9.17) is 24.4 Å². The van der Waals surface area contributed by atoms with Gasteiger partial charge in [0, 0.05) is 12.4 Å². The van der Waals surface area contributed by atoms with E-state index in [0.29, 0.717) is 33.9 Å². The van der Waals surface area contributed by atoms with Gasteiger partial charge in [-0.25, -0.2) is 19.6 Å². The summed E-state index contributed by atoms with van der Waals surface area (Å²) in [6.07, 6.45) is 47.2. The van der Waals surface area contributed by atoms with Crippen molar-refractivity contribution in [2.75, 3.05) is 13.2 Å². The first-order valence-electron chi connectivity index (χ1n) is 28.2. The molecule has 4 aromatic heterocycles. The SMILES string of the molecule is CCCCCCCCCCCCCCCCCCCc1ccnc(-c2cc(CCCCCCCCCCCCCCCC)cc(-c3cc(C(=O)OCC)cc(-c4cc(C(=O)OCC)ccn4)n3)n2)c1. The second kappa shape index (κ2) is 36.5. The molecule has 0 aromatic carbocycles. The zero-order chi connectivity index (χ0) is 49.0. The highest BCUT2D eigenvalue weighted by Crippen LogP contribution is 2.29. The standard InChI is InChI=1S/C61H92N4O4/c1-5-9-11-13-15-17-19-21-23-24-25-27-28-30-32-34-36-38-50-40-42-62-54(44-50)56-45-51(39-37-35-33-31-29-26-22-20-18-16-14-12-10-6-2)46-57(64-56)59-49-53(61(67)69-8-4)48-58(65-59)55-47-52(41-43-63-55)60(66)68-7-3/h40-49H,5-39H2,1-4H3. The Hall–Kier alpha value is -4.46. The molecule has 8 nitrogen and oxygen atoms in total. The monoisotopic (exact) mass is 945 g/mol. The van der Waals surface area contributed by atoms with Crippen molar-refractivity contribution in [3.8, 4) is 34.2 Å². The molecule has 380 valence electrons. The van der Waals surface area contributed by atoms with Gasteiger partial charge in [0.25, 0.3) is 0 Å². The maximum atomic E-state index is 13.3. The third-order valence-corrected chi connectivity index (χ3v) is 13.5. The number of aryl methyl sites for hydroxylation is 2. The number of aromatic nitrogens is 4. The van der Waals surface area contributed by atoms with Gasteiger partial charge in [-0.3, -0.25) is 9.97 Å². The molecule has 0 saturated heterocycles. The number of unbranched alkanes of at least 4 members (excludes halogenated alkanes) is 29. The van der Waals surface area contributed by atoms with Crippen LogP contribution in [0.4, 0.5) is 0 Å². The first-order valence-corrected chi connectivity index (χ1v) is 28.2. The number of pyridine rings is 4. The normalized spacial score (nSPS) is 11.3. The fraction of sp³-hybridized carbons (Fsp3) is 0.639. The van der Waals surface area contributed by atoms with Crippen molar-refractivity contribution in [2.45, 2.75) is 240 Å². The molecule has 0 aliphatic carbocycles. The molecule has 0 unspecified atom stereocenters. The number of hydrogen-bond donors (Lipinski definition) is 0. The summed E-state index contributed by atoms with van der Waals surface area (Å²) in [5.41, 5.74) is 6.87. The number of nitrogens with zero attached hydrogens (tertiary/aromatic N) is 4. The molecule has 0 bridgehead atoms. The average Bonchev–Trinajstić information content (AvgIpc) is 3.37. The van der Waals surface area contributed by atoms with Crippen LogP contribution < -0.4 is 0 Å². The van der Waals surface area contributed by atoms with Gasteiger partial charge in [-0.05, 0) is 99.2 Å². The molecule has 8 heteroatoms. The van der Waals surface area contributed by atoms with E-state index in [1.54, 1.807) is 44.3 Å². The summed E-state index contributed by atoms with van der Waals surface area (Å²) >= 11 is 0. The number of rotatable bonds is 40. The maximum Gasteiger partial charge on any atom is 0.338 e. The predicted octanol–water partition coefficient (Wildman–Crippen LogP) is 17.8. The number of carbonyl (C=O) groups excluding carboxylic acids is 2. The molecule has 0 fully saturated rings. The van der Waals surface area contributed by atoms with E-state index in [0.717, 1.165) is 30.7 Å². The van der Waals surface area contributed by atoms with E-state index in [-0.39, 0.29) is 13.2 Å². The van der Waals surface area contributed by atoms with Gasteiger partial charge < -0.3 is 9.47 Å². The summed E-state index contributed by atoms with van der Waals surface area (Å²) in [7, 11) is 0. The highest BCUT2D eigenvalue weighted by atomic mass is 16.5. The Morgan fingerprint density at radius 2 is 0.652 bits per heavy atom. The second-order valence-corrected chi connectivity index (χ2v) is 19.5. The minimum atomic E-state index is -0.457. The molecular weight excluding hydrogens is 853 g/mol. The van der Waals surface area contributed by atoms with Crippen molar-refractivity contribution >= 4 is 11.9 Å². The second-order valence-electron chi connectivity index (χ2n) is 19.5. The van der Waals surface area contributed by atoms with Gasteiger partial charge in [-0.1, -0.05) is 200 Å². The van der Waals surface area contributed by atoms with Gasteiger partial charge in [0.15, 0.2) is 0 Å². The van der Waals surface area contributed by atoms with Crippen molar-refractivity contribution in [3.05, 3.63) is 83.2 Å². The summed E-state index contributed by atoms with van der Waals surface area (Å²) in [5, 5.41) is 0. The first-order chi connectivity index (χ1) is 33.9. The lowest BCUT2D eigenvalue weighted by Gasteiger charge is -2.13. The minimum absolute atomic E-state index is 0.237. The molecule has 4 aromatic rings. The quantitative estimate of drug-likeness (QED) is 0.0321. The molecule has 0 saturated carbocycles. The molecule has 0 aliphatic rings. The molecule has 0 aliphatic heterocycles. The Morgan fingerprint density at radius 3 is 1.09 bits per heavy atom. The van der Waals surface area contributed by atoms with Crippen LogP contribution in [0.3, 0.4) is 0 Å². The fourth-order valence-corrected chi connectivity index (χ4v) is 9.38. The summed E-state index contributed by atoms with van der Waals surface area (Å²) < 4.78 is 10.7. The van der Waals surface area contributed by atoms with Gasteiger partial charge in [0.05, 0.1) is 58.5 Å². The fourth-order valence-electron chi connectivity index (χ4n) is 9.38. The number of ether oxygens (including phenoxy) is 2. The lowest BCUT2D eigenvalue weighted by molar-refractivity contribution is 0.0516. The largest absolute Gasteiger partial charge is 0.462 e. The Balaban J connectivity index is 1.39. The predicted molar refractivity (Wildman–Crippen MR) is 288 cm³/mol. The van der Waals surface area contributed by atoms with Crippen LogP contribution in [-0.4, -0.2) is 45.1 Å². The van der Waals surface area contributed by atoms with Crippen molar-refractivity contribution < 1.29 is 19.1 Å². The molecule has 0 N–H and O–H groups in total. The topological polar surface area (TPSA) is 104 Å². The van der Waals surface area contributed by atoms with Crippen LogP contribution in [-0.2, 0) is 22.3 Å². The van der Waals surface area contributed by atoms with E-state index in [1.807, 2.05) is 6.20 Å². The Kier molecular flexibility index (Phi) is 30.2. The first kappa shape index (κ1) is 57.1. The summed E-state index contributed by atoms with van der Waals surface area (Å²) in [4.78, 5) is 45.6. The highest BCUT2D eigenvalue weighted by molar-refractivity contribution is 5.93. The third-order valence-electron chi connectivity index (χ3n) is 13.5. The van der Waals surface area contributed by atoms with Crippen molar-refractivity contribution in [1.29, 1.82) is 0 Å². The summed E-state index contributed by atoms with van der Waals surface area (Å²) in [6, 6.07) is 15.3. The lowest BCUT2D eigenvalue weighted by atomic mass is 10.0. The molecule has 0 spiro atoms. The maximum absolute atomic E-state index is 13.3. The molecule has 0 amide bonds. The van der Waals surface area contributed by atoms with Crippen molar-refractivity contribution in [3.63, 3.8) is 0 Å². The number of esters is 2. The van der Waals surface area contributed by atoms with E-state index in [9.17, 15) is 9.59 Å². The van der Waals surface area contributed by atoms with Gasteiger partial charge in [0.2, 0.25) is 0 Å². The van der Waals surface area contributed by atoms with Crippen molar-refractivity contribution in [2.24, 2.45) is 0 Å². The Morgan fingerprint density at radius 1 is 0.348 bits per heavy atom. The molecule has 0 radical (unpaired) electrons. The minimum Gasteiger partial charge on any atom is -0.462 e. The summed E-state index contributed by atoms with van der Waals surface area (Å²) in [6.45, 7) is 8.65. The van der Waals surface area contributed by atoms with Gasteiger partial charge in [-0.2, -0.15) is 0 Å². The van der Waals surface area contributed by atoms with Crippen LogP contribution >= 0.6 is 0 Å². The van der Waals surface area contributed by atoms with Crippen LogP contribution in [0.25, 0.3) is 34.2 Å². The third kappa shape index (κ3) is 23.8. The van der Waals surface area contributed by atoms with Crippen LogP contribution in [0.5, 0.6) is 0 Å². The molecule has 4 heterocycles.